The van der Waals surface area contributed by atoms with Gasteiger partial charge in [0.25, 0.3) is 0 Å². The van der Waals surface area contributed by atoms with Crippen molar-refractivity contribution in [3.05, 3.63) is 146 Å². The standard InChI is InChI=1S/C49H74NO9P/c1-3-5-7-9-11-13-15-17-19-21-22-23-25-27-29-31-33-35-37-39-49(53)59-47(45-58-60(54,55)57-43-42-50)44-56-48(52)41-40-46(51)38-36-34-32-30-28-26-24-20-18-16-14-12-10-8-6-4-2/h5-8,11-14,17-20,22-23,26-29,32-36,38,46-47,51H,3-4,9-10,15-16,21,24-25,30-31,37,39-45,50H2,1-2H3,(H,54,55)/b7-5-,8-6-,13-11-,14-12-,19-17-,20-18-,23-22-,28-26-,29-27-,34-32-,35-33-,38-36-/t46?,47-/m1/s1. The predicted octanol–water partition coefficient (Wildman–Crippen LogP) is 11.5. The van der Waals surface area contributed by atoms with Crippen molar-refractivity contribution in [1.29, 1.82) is 0 Å². The molecule has 4 N–H and O–H groups in total. The van der Waals surface area contributed by atoms with Gasteiger partial charge in [-0.05, 0) is 83.5 Å². The first-order valence-electron chi connectivity index (χ1n) is 21.4. The second-order valence-electron chi connectivity index (χ2n) is 13.3. The topological polar surface area (TPSA) is 155 Å². The summed E-state index contributed by atoms with van der Waals surface area (Å²) in [6.45, 7) is 3.09. The zero-order valence-corrected chi connectivity index (χ0v) is 37.1. The Hall–Kier alpha value is -4.15. The molecule has 0 spiro atoms. The molecule has 0 aliphatic carbocycles. The largest absolute Gasteiger partial charge is 0.472 e. The Morgan fingerprint density at radius 1 is 0.567 bits per heavy atom. The second-order valence-corrected chi connectivity index (χ2v) is 14.7. The molecule has 0 bridgehead atoms. The Kier molecular flexibility index (Phi) is 40.0. The normalized spacial score (nSPS) is 15.2. The van der Waals surface area contributed by atoms with Gasteiger partial charge < -0.3 is 25.2 Å². The van der Waals surface area contributed by atoms with Crippen molar-refractivity contribution in [3.63, 3.8) is 0 Å². The number of carbonyl (C=O) groups is 2. The lowest BCUT2D eigenvalue weighted by molar-refractivity contribution is -0.161. The van der Waals surface area contributed by atoms with E-state index in [2.05, 4.69) is 123 Å². The molecule has 0 aliphatic heterocycles. The summed E-state index contributed by atoms with van der Waals surface area (Å²) < 4.78 is 32.5. The zero-order chi connectivity index (χ0) is 44.0. The van der Waals surface area contributed by atoms with Gasteiger partial charge in [0, 0.05) is 19.4 Å². The van der Waals surface area contributed by atoms with Gasteiger partial charge in [-0.15, -0.1) is 0 Å². The molecule has 0 saturated heterocycles. The van der Waals surface area contributed by atoms with Crippen molar-refractivity contribution in [3.8, 4) is 0 Å². The number of aliphatic hydroxyl groups excluding tert-OH is 1. The highest BCUT2D eigenvalue weighted by Gasteiger charge is 2.26. The van der Waals surface area contributed by atoms with Crippen LogP contribution in [0.4, 0.5) is 0 Å². The summed E-state index contributed by atoms with van der Waals surface area (Å²) in [5, 5.41) is 10.3. The molecule has 0 heterocycles. The molecule has 2 unspecified atom stereocenters. The molecular weight excluding hydrogens is 778 g/mol. The fourth-order valence-corrected chi connectivity index (χ4v) is 5.47. The van der Waals surface area contributed by atoms with Crippen LogP contribution in [0, 0.1) is 0 Å². The zero-order valence-electron chi connectivity index (χ0n) is 36.2. The first-order chi connectivity index (χ1) is 29.2. The molecule has 0 aromatic heterocycles. The molecule has 0 aliphatic rings. The van der Waals surface area contributed by atoms with Crippen LogP contribution >= 0.6 is 7.82 Å². The lowest BCUT2D eigenvalue weighted by Crippen LogP contribution is -2.29. The second kappa shape index (κ2) is 43.0. The highest BCUT2D eigenvalue weighted by atomic mass is 31.2. The summed E-state index contributed by atoms with van der Waals surface area (Å²) in [5.74, 6) is -1.23. The average Bonchev–Trinajstić information content (AvgIpc) is 3.23. The van der Waals surface area contributed by atoms with Gasteiger partial charge in [0.15, 0.2) is 6.10 Å². The van der Waals surface area contributed by atoms with Crippen LogP contribution in [0.3, 0.4) is 0 Å². The number of esters is 2. The van der Waals surface area contributed by atoms with E-state index in [-0.39, 0.29) is 32.4 Å². The number of carbonyl (C=O) groups excluding carboxylic acids is 2. The minimum absolute atomic E-state index is 0.00188. The maximum atomic E-state index is 12.6. The summed E-state index contributed by atoms with van der Waals surface area (Å²) in [4.78, 5) is 34.9. The van der Waals surface area contributed by atoms with Gasteiger partial charge in [-0.2, -0.15) is 0 Å². The van der Waals surface area contributed by atoms with E-state index in [0.29, 0.717) is 6.42 Å². The minimum Gasteiger partial charge on any atom is -0.462 e. The molecule has 0 aromatic rings. The van der Waals surface area contributed by atoms with E-state index in [4.69, 9.17) is 24.3 Å². The van der Waals surface area contributed by atoms with Gasteiger partial charge in [0.1, 0.15) is 6.61 Å². The number of phosphoric acid groups is 1. The van der Waals surface area contributed by atoms with Crippen molar-refractivity contribution in [1.82, 2.24) is 0 Å². The third-order valence-electron chi connectivity index (χ3n) is 7.85. The van der Waals surface area contributed by atoms with Gasteiger partial charge in [0.2, 0.25) is 0 Å². The van der Waals surface area contributed by atoms with Crippen LogP contribution in [-0.4, -0.2) is 60.5 Å². The number of rotatable bonds is 37. The SMILES string of the molecule is CC/C=C\C/C=C\C/C=C\C/C=C\C/C=C\C=C/C(O)CCC(=O)OC[C@H](COP(=O)(O)OCCN)OC(=O)CC/C=C\C/C=C\C/C=C\C/C=C\C/C=C\C/C=C\CC. The highest BCUT2D eigenvalue weighted by molar-refractivity contribution is 7.47. The van der Waals surface area contributed by atoms with Crippen LogP contribution < -0.4 is 5.73 Å². The van der Waals surface area contributed by atoms with Gasteiger partial charge in [0.05, 0.1) is 19.3 Å². The van der Waals surface area contributed by atoms with E-state index in [1.54, 1.807) is 12.2 Å². The maximum absolute atomic E-state index is 12.6. The van der Waals surface area contributed by atoms with E-state index < -0.39 is 45.2 Å². The first kappa shape index (κ1) is 55.9. The van der Waals surface area contributed by atoms with E-state index in [1.807, 2.05) is 24.3 Å². The molecule has 3 atom stereocenters. The Bertz CT molecular complexity index is 1500. The number of phosphoric ester groups is 1. The maximum Gasteiger partial charge on any atom is 0.472 e. The van der Waals surface area contributed by atoms with E-state index >= 15 is 0 Å². The number of ether oxygens (including phenoxy) is 2. The molecule has 0 rings (SSSR count). The van der Waals surface area contributed by atoms with E-state index in [1.165, 1.54) is 0 Å². The molecule has 11 heteroatoms. The number of hydrogen-bond donors (Lipinski definition) is 3. The lowest BCUT2D eigenvalue weighted by atomic mass is 10.2. The molecule has 0 amide bonds. The molecule has 60 heavy (non-hydrogen) atoms. The van der Waals surface area contributed by atoms with Crippen LogP contribution in [0.5, 0.6) is 0 Å². The van der Waals surface area contributed by atoms with Gasteiger partial charge in [-0.1, -0.05) is 160 Å². The minimum atomic E-state index is -4.47. The van der Waals surface area contributed by atoms with Gasteiger partial charge in [-0.3, -0.25) is 18.6 Å². The molecule has 10 nitrogen and oxygen atoms in total. The predicted molar refractivity (Wildman–Crippen MR) is 248 cm³/mol. The van der Waals surface area contributed by atoms with Gasteiger partial charge in [-0.25, -0.2) is 4.57 Å². The van der Waals surface area contributed by atoms with Crippen molar-refractivity contribution in [2.45, 2.75) is 122 Å². The Balaban J connectivity index is 4.55. The fourth-order valence-electron chi connectivity index (χ4n) is 4.71. The number of hydrogen-bond acceptors (Lipinski definition) is 9. The molecule has 0 radical (unpaired) electrons. The number of aliphatic hydroxyl groups is 1. The summed E-state index contributed by atoms with van der Waals surface area (Å²) >= 11 is 0. The molecule has 0 saturated carbocycles. The number of nitrogens with two attached hydrogens (primary N) is 1. The van der Waals surface area contributed by atoms with Crippen molar-refractivity contribution in [2.75, 3.05) is 26.4 Å². The van der Waals surface area contributed by atoms with Crippen LogP contribution in [0.25, 0.3) is 0 Å². The Labute approximate surface area is 361 Å². The van der Waals surface area contributed by atoms with Crippen LogP contribution in [-0.2, 0) is 32.7 Å². The van der Waals surface area contributed by atoms with Crippen molar-refractivity contribution < 1.29 is 42.7 Å². The Morgan fingerprint density at radius 3 is 1.45 bits per heavy atom. The summed E-state index contributed by atoms with van der Waals surface area (Å²) in [6, 6.07) is 0. The summed E-state index contributed by atoms with van der Waals surface area (Å²) in [5.41, 5.74) is 5.33. The molecule has 334 valence electrons. The van der Waals surface area contributed by atoms with Crippen molar-refractivity contribution >= 4 is 19.8 Å². The van der Waals surface area contributed by atoms with Crippen LogP contribution in [0.1, 0.15) is 110 Å². The highest BCUT2D eigenvalue weighted by Crippen LogP contribution is 2.43. The third kappa shape index (κ3) is 42.0. The smallest absolute Gasteiger partial charge is 0.462 e. The van der Waals surface area contributed by atoms with Gasteiger partial charge >= 0.3 is 19.8 Å². The number of allylic oxidation sites excluding steroid dienone is 23. The van der Waals surface area contributed by atoms with Crippen LogP contribution in [0.15, 0.2) is 146 Å². The molecule has 0 aromatic carbocycles. The van der Waals surface area contributed by atoms with Crippen molar-refractivity contribution in [2.24, 2.45) is 5.73 Å². The van der Waals surface area contributed by atoms with Crippen LogP contribution in [0.2, 0.25) is 0 Å². The summed E-state index contributed by atoms with van der Waals surface area (Å²) in [6.07, 6.45) is 58.0. The molecular formula is C49H74NO9P. The first-order valence-corrected chi connectivity index (χ1v) is 22.9. The Morgan fingerprint density at radius 2 is 1.00 bits per heavy atom. The summed E-state index contributed by atoms with van der Waals surface area (Å²) in [7, 11) is -4.47. The third-order valence-corrected chi connectivity index (χ3v) is 8.84. The van der Waals surface area contributed by atoms with E-state index in [0.717, 1.165) is 70.6 Å². The average molecular weight is 852 g/mol. The van der Waals surface area contributed by atoms with E-state index in [9.17, 15) is 24.2 Å². The monoisotopic (exact) mass is 852 g/mol. The molecule has 0 fully saturated rings. The lowest BCUT2D eigenvalue weighted by Gasteiger charge is -2.19. The quantitative estimate of drug-likeness (QED) is 0.0238. The fraction of sp³-hybridized carbons (Fsp3) is 0.469.